The Morgan fingerprint density at radius 1 is 0.842 bits per heavy atom. The molecule has 0 unspecified atom stereocenters. The van der Waals surface area contributed by atoms with E-state index < -0.39 is 0 Å². The lowest BCUT2D eigenvalue weighted by Crippen LogP contribution is -1.94. The molecular formula is C17H14O2. The summed E-state index contributed by atoms with van der Waals surface area (Å²) in [6.45, 7) is 0.547. The first kappa shape index (κ1) is 11.6. The number of rotatable bonds is 3. The van der Waals surface area contributed by atoms with Crippen LogP contribution in [-0.2, 0) is 6.61 Å². The SMILES string of the molecule is Oc1cccc2cc(OCc3ccccc3)ccc12. The van der Waals surface area contributed by atoms with Crippen LogP contribution in [0.4, 0.5) is 0 Å². The molecule has 0 bridgehead atoms. The molecule has 0 radical (unpaired) electrons. The summed E-state index contributed by atoms with van der Waals surface area (Å²) in [5, 5.41) is 11.5. The van der Waals surface area contributed by atoms with Gasteiger partial charge in [0.05, 0.1) is 0 Å². The lowest BCUT2D eigenvalue weighted by Gasteiger charge is -2.08. The zero-order valence-electron chi connectivity index (χ0n) is 10.4. The average Bonchev–Trinajstić information content (AvgIpc) is 2.46. The molecular weight excluding hydrogens is 236 g/mol. The molecule has 0 heterocycles. The third kappa shape index (κ3) is 2.52. The van der Waals surface area contributed by atoms with E-state index in [0.29, 0.717) is 12.4 Å². The molecule has 2 heteroatoms. The van der Waals surface area contributed by atoms with Crippen LogP contribution in [0.2, 0.25) is 0 Å². The Bertz CT molecular complexity index is 690. The van der Waals surface area contributed by atoms with E-state index in [-0.39, 0.29) is 0 Å². The monoisotopic (exact) mass is 250 g/mol. The smallest absolute Gasteiger partial charge is 0.123 e. The van der Waals surface area contributed by atoms with Crippen molar-refractivity contribution in [3.63, 3.8) is 0 Å². The Morgan fingerprint density at radius 2 is 1.68 bits per heavy atom. The molecule has 0 saturated heterocycles. The van der Waals surface area contributed by atoms with E-state index in [4.69, 9.17) is 4.74 Å². The summed E-state index contributed by atoms with van der Waals surface area (Å²) in [7, 11) is 0. The second-order valence-corrected chi connectivity index (χ2v) is 4.43. The molecule has 0 atom stereocenters. The predicted octanol–water partition coefficient (Wildman–Crippen LogP) is 4.12. The number of aromatic hydroxyl groups is 1. The van der Waals surface area contributed by atoms with Crippen LogP contribution in [0.25, 0.3) is 10.8 Å². The third-order valence-electron chi connectivity index (χ3n) is 3.08. The van der Waals surface area contributed by atoms with Crippen LogP contribution in [0.3, 0.4) is 0 Å². The zero-order valence-corrected chi connectivity index (χ0v) is 10.4. The van der Waals surface area contributed by atoms with Crippen LogP contribution in [0, 0.1) is 0 Å². The number of hydrogen-bond acceptors (Lipinski definition) is 2. The molecule has 0 aliphatic heterocycles. The Morgan fingerprint density at radius 3 is 2.53 bits per heavy atom. The maximum absolute atomic E-state index is 9.73. The summed E-state index contributed by atoms with van der Waals surface area (Å²) < 4.78 is 5.76. The van der Waals surface area contributed by atoms with E-state index >= 15 is 0 Å². The molecule has 0 amide bonds. The molecule has 0 aromatic heterocycles. The topological polar surface area (TPSA) is 29.5 Å². The Balaban J connectivity index is 1.82. The van der Waals surface area contributed by atoms with E-state index in [0.717, 1.165) is 22.1 Å². The fraction of sp³-hybridized carbons (Fsp3) is 0.0588. The number of ether oxygens (including phenoxy) is 1. The molecule has 3 aromatic rings. The normalized spacial score (nSPS) is 10.5. The summed E-state index contributed by atoms with van der Waals surface area (Å²) >= 11 is 0. The van der Waals surface area contributed by atoms with Crippen LogP contribution in [0.15, 0.2) is 66.7 Å². The quantitative estimate of drug-likeness (QED) is 0.757. The van der Waals surface area contributed by atoms with Crippen LogP contribution in [-0.4, -0.2) is 5.11 Å². The van der Waals surface area contributed by atoms with E-state index in [1.54, 1.807) is 6.07 Å². The second-order valence-electron chi connectivity index (χ2n) is 4.43. The first-order valence-corrected chi connectivity index (χ1v) is 6.21. The summed E-state index contributed by atoms with van der Waals surface area (Å²) in [6, 6.07) is 21.2. The van der Waals surface area contributed by atoms with Gasteiger partial charge in [0.25, 0.3) is 0 Å². The molecule has 0 saturated carbocycles. The van der Waals surface area contributed by atoms with Gasteiger partial charge in [0.1, 0.15) is 18.1 Å². The van der Waals surface area contributed by atoms with Crippen molar-refractivity contribution in [2.75, 3.05) is 0 Å². The molecule has 0 aliphatic rings. The summed E-state index contributed by atoms with van der Waals surface area (Å²) in [5.41, 5.74) is 1.14. The minimum Gasteiger partial charge on any atom is -0.507 e. The van der Waals surface area contributed by atoms with Crippen molar-refractivity contribution in [3.05, 3.63) is 72.3 Å². The molecule has 3 aromatic carbocycles. The van der Waals surface area contributed by atoms with Crippen molar-refractivity contribution >= 4 is 10.8 Å². The lowest BCUT2D eigenvalue weighted by molar-refractivity contribution is 0.306. The van der Waals surface area contributed by atoms with Gasteiger partial charge in [0.15, 0.2) is 0 Å². The average molecular weight is 250 g/mol. The second kappa shape index (κ2) is 5.02. The molecule has 19 heavy (non-hydrogen) atoms. The van der Waals surface area contributed by atoms with Gasteiger partial charge in [-0.1, -0.05) is 42.5 Å². The van der Waals surface area contributed by atoms with Crippen molar-refractivity contribution in [2.24, 2.45) is 0 Å². The van der Waals surface area contributed by atoms with Crippen LogP contribution in [0.1, 0.15) is 5.56 Å². The zero-order chi connectivity index (χ0) is 13.1. The maximum atomic E-state index is 9.73. The number of benzene rings is 3. The number of fused-ring (bicyclic) bond motifs is 1. The van der Waals surface area contributed by atoms with Gasteiger partial charge in [0.2, 0.25) is 0 Å². The Labute approximate surface area is 111 Å². The number of hydrogen-bond donors (Lipinski definition) is 1. The van der Waals surface area contributed by atoms with E-state index in [9.17, 15) is 5.11 Å². The summed E-state index contributed by atoms with van der Waals surface area (Å²) in [6.07, 6.45) is 0. The van der Waals surface area contributed by atoms with Gasteiger partial charge in [-0.15, -0.1) is 0 Å². The van der Waals surface area contributed by atoms with Crippen LogP contribution < -0.4 is 4.74 Å². The Kier molecular flexibility index (Phi) is 3.07. The molecule has 1 N–H and O–H groups in total. The maximum Gasteiger partial charge on any atom is 0.123 e. The van der Waals surface area contributed by atoms with Gasteiger partial charge >= 0.3 is 0 Å². The van der Waals surface area contributed by atoms with Gasteiger partial charge in [-0.3, -0.25) is 0 Å². The minimum absolute atomic E-state index is 0.298. The fourth-order valence-corrected chi connectivity index (χ4v) is 2.08. The number of phenolic OH excluding ortho intramolecular Hbond substituents is 1. The van der Waals surface area contributed by atoms with E-state index in [2.05, 4.69) is 0 Å². The first-order valence-electron chi connectivity index (χ1n) is 6.21. The highest BCUT2D eigenvalue weighted by molar-refractivity contribution is 5.89. The standard InChI is InChI=1S/C17H14O2/c18-17-8-4-7-14-11-15(9-10-16(14)17)19-12-13-5-2-1-3-6-13/h1-11,18H,12H2. The lowest BCUT2D eigenvalue weighted by atomic mass is 10.1. The van der Waals surface area contributed by atoms with Crippen LogP contribution in [0.5, 0.6) is 11.5 Å². The van der Waals surface area contributed by atoms with Gasteiger partial charge in [0, 0.05) is 5.39 Å². The van der Waals surface area contributed by atoms with Gasteiger partial charge in [-0.2, -0.15) is 0 Å². The molecule has 3 rings (SSSR count). The first-order chi connectivity index (χ1) is 9.33. The van der Waals surface area contributed by atoms with E-state index in [1.807, 2.05) is 60.7 Å². The van der Waals surface area contributed by atoms with Gasteiger partial charge in [-0.05, 0) is 35.2 Å². The largest absolute Gasteiger partial charge is 0.507 e. The summed E-state index contributed by atoms with van der Waals surface area (Å²) in [4.78, 5) is 0. The van der Waals surface area contributed by atoms with Crippen LogP contribution >= 0.6 is 0 Å². The highest BCUT2D eigenvalue weighted by Gasteiger charge is 2.01. The molecule has 2 nitrogen and oxygen atoms in total. The predicted molar refractivity (Wildman–Crippen MR) is 76.4 cm³/mol. The number of phenols is 1. The van der Waals surface area contributed by atoms with Gasteiger partial charge < -0.3 is 9.84 Å². The third-order valence-corrected chi connectivity index (χ3v) is 3.08. The van der Waals surface area contributed by atoms with Crippen molar-refractivity contribution in [3.8, 4) is 11.5 Å². The van der Waals surface area contributed by atoms with Crippen molar-refractivity contribution in [1.29, 1.82) is 0 Å². The molecule has 0 spiro atoms. The van der Waals surface area contributed by atoms with Crippen molar-refractivity contribution < 1.29 is 9.84 Å². The van der Waals surface area contributed by atoms with Gasteiger partial charge in [-0.25, -0.2) is 0 Å². The Hall–Kier alpha value is -2.48. The molecule has 0 fully saturated rings. The molecule has 94 valence electrons. The molecule has 0 aliphatic carbocycles. The summed E-state index contributed by atoms with van der Waals surface area (Å²) in [5.74, 6) is 1.11. The fourth-order valence-electron chi connectivity index (χ4n) is 2.08. The minimum atomic E-state index is 0.298. The van der Waals surface area contributed by atoms with Crippen molar-refractivity contribution in [1.82, 2.24) is 0 Å². The van der Waals surface area contributed by atoms with E-state index in [1.165, 1.54) is 0 Å². The highest BCUT2D eigenvalue weighted by Crippen LogP contribution is 2.27. The van der Waals surface area contributed by atoms with Crippen molar-refractivity contribution in [2.45, 2.75) is 6.61 Å². The highest BCUT2D eigenvalue weighted by atomic mass is 16.5.